The zero-order valence-electron chi connectivity index (χ0n) is 17.7. The van der Waals surface area contributed by atoms with Crippen LogP contribution in [-0.4, -0.2) is 33.0 Å². The lowest BCUT2D eigenvalue weighted by molar-refractivity contribution is -0.116. The highest BCUT2D eigenvalue weighted by molar-refractivity contribution is 7.92. The molecular weight excluding hydrogens is 430 g/mol. The Bertz CT molecular complexity index is 1150. The fourth-order valence-electron chi connectivity index (χ4n) is 3.14. The predicted octanol–water partition coefficient (Wildman–Crippen LogP) is 3.39. The molecule has 8 nitrogen and oxygen atoms in total. The molecule has 0 bridgehead atoms. The Hall–Kier alpha value is -3.59. The van der Waals surface area contributed by atoms with Gasteiger partial charge in [0.05, 0.1) is 36.0 Å². The molecule has 3 aromatic rings. The summed E-state index contributed by atoms with van der Waals surface area (Å²) in [4.78, 5) is 25.0. The van der Waals surface area contributed by atoms with Gasteiger partial charge in [-0.25, -0.2) is 8.42 Å². The normalized spacial score (nSPS) is 11.0. The SMILES string of the molecule is CS(=O)(=O)N(CCCC(=O)Nc1ccccc1C(=O)NCc1ccco1)c1ccccc1. The Morgan fingerprint density at radius 2 is 1.69 bits per heavy atom. The van der Waals surface area contributed by atoms with E-state index in [0.29, 0.717) is 29.1 Å². The number of furan rings is 1. The summed E-state index contributed by atoms with van der Waals surface area (Å²) in [7, 11) is -3.48. The summed E-state index contributed by atoms with van der Waals surface area (Å²) in [5.41, 5.74) is 1.26. The Kier molecular flexibility index (Phi) is 7.67. The van der Waals surface area contributed by atoms with Crippen LogP contribution < -0.4 is 14.9 Å². The summed E-state index contributed by atoms with van der Waals surface area (Å²) >= 11 is 0. The van der Waals surface area contributed by atoms with Crippen LogP contribution in [0.15, 0.2) is 77.4 Å². The lowest BCUT2D eigenvalue weighted by atomic mass is 10.1. The molecular formula is C23H25N3O5S. The zero-order valence-corrected chi connectivity index (χ0v) is 18.5. The van der Waals surface area contributed by atoms with Gasteiger partial charge < -0.3 is 15.1 Å². The van der Waals surface area contributed by atoms with E-state index in [9.17, 15) is 18.0 Å². The lowest BCUT2D eigenvalue weighted by Crippen LogP contribution is -2.31. The largest absolute Gasteiger partial charge is 0.467 e. The molecule has 0 radical (unpaired) electrons. The summed E-state index contributed by atoms with van der Waals surface area (Å²) < 4.78 is 30.8. The minimum Gasteiger partial charge on any atom is -0.467 e. The summed E-state index contributed by atoms with van der Waals surface area (Å²) in [5, 5.41) is 5.50. The second kappa shape index (κ2) is 10.6. The number of carbonyl (C=O) groups is 2. The molecule has 9 heteroatoms. The summed E-state index contributed by atoms with van der Waals surface area (Å²) in [5.74, 6) is -0.0314. The third kappa shape index (κ3) is 6.45. The maximum Gasteiger partial charge on any atom is 0.253 e. The maximum absolute atomic E-state index is 12.5. The summed E-state index contributed by atoms with van der Waals surface area (Å²) in [6, 6.07) is 18.9. The van der Waals surface area contributed by atoms with Crippen molar-refractivity contribution in [2.75, 3.05) is 22.4 Å². The van der Waals surface area contributed by atoms with Crippen LogP contribution in [0.2, 0.25) is 0 Å². The van der Waals surface area contributed by atoms with Crippen molar-refractivity contribution in [3.8, 4) is 0 Å². The molecule has 1 aromatic heterocycles. The lowest BCUT2D eigenvalue weighted by Gasteiger charge is -2.22. The van der Waals surface area contributed by atoms with E-state index in [1.54, 1.807) is 66.7 Å². The quantitative estimate of drug-likeness (QED) is 0.487. The molecule has 0 saturated heterocycles. The number of rotatable bonds is 10. The Morgan fingerprint density at radius 3 is 2.38 bits per heavy atom. The van der Waals surface area contributed by atoms with Crippen LogP contribution in [0.25, 0.3) is 0 Å². The third-order valence-electron chi connectivity index (χ3n) is 4.66. The second-order valence-corrected chi connectivity index (χ2v) is 9.04. The fourth-order valence-corrected chi connectivity index (χ4v) is 4.11. The third-order valence-corrected chi connectivity index (χ3v) is 5.85. The van der Waals surface area contributed by atoms with E-state index < -0.39 is 10.0 Å². The Morgan fingerprint density at radius 1 is 0.969 bits per heavy atom. The van der Waals surface area contributed by atoms with Crippen LogP contribution in [0.1, 0.15) is 29.0 Å². The van der Waals surface area contributed by atoms with E-state index in [1.165, 1.54) is 10.6 Å². The van der Waals surface area contributed by atoms with E-state index in [-0.39, 0.29) is 31.3 Å². The average Bonchev–Trinajstić information content (AvgIpc) is 3.29. The zero-order chi connectivity index (χ0) is 23.0. The van der Waals surface area contributed by atoms with Gasteiger partial charge in [-0.1, -0.05) is 30.3 Å². The first-order valence-corrected chi connectivity index (χ1v) is 11.9. The van der Waals surface area contributed by atoms with Crippen molar-refractivity contribution in [2.24, 2.45) is 0 Å². The molecule has 0 spiro atoms. The highest BCUT2D eigenvalue weighted by atomic mass is 32.2. The van der Waals surface area contributed by atoms with Gasteiger partial charge in [-0.3, -0.25) is 13.9 Å². The number of nitrogens with zero attached hydrogens (tertiary/aromatic N) is 1. The first-order chi connectivity index (χ1) is 15.3. The van der Waals surface area contributed by atoms with E-state index >= 15 is 0 Å². The molecule has 3 rings (SSSR count). The number of hydrogen-bond acceptors (Lipinski definition) is 5. The second-order valence-electron chi connectivity index (χ2n) is 7.13. The number of benzene rings is 2. The number of hydrogen-bond donors (Lipinski definition) is 2. The standard InChI is InChI=1S/C23H25N3O5S/c1-32(29,30)26(18-9-3-2-4-10-18)15-7-14-22(27)25-21-13-6-5-12-20(21)23(28)24-17-19-11-8-16-31-19/h2-6,8-13,16H,7,14-15,17H2,1H3,(H,24,28)(H,25,27). The molecule has 0 aliphatic heterocycles. The molecule has 2 N–H and O–H groups in total. The van der Waals surface area contributed by atoms with Crippen molar-refractivity contribution in [3.05, 3.63) is 84.3 Å². The molecule has 0 saturated carbocycles. The van der Waals surface area contributed by atoms with E-state index in [2.05, 4.69) is 10.6 Å². The molecule has 0 fully saturated rings. The summed E-state index contributed by atoms with van der Waals surface area (Å²) in [6.45, 7) is 0.399. The molecule has 0 aliphatic carbocycles. The van der Waals surface area contributed by atoms with Crippen LogP contribution in [0, 0.1) is 0 Å². The monoisotopic (exact) mass is 455 g/mol. The van der Waals surface area contributed by atoms with Gasteiger partial charge in [0.2, 0.25) is 15.9 Å². The van der Waals surface area contributed by atoms with Gasteiger partial charge in [0.1, 0.15) is 5.76 Å². The van der Waals surface area contributed by atoms with Gasteiger partial charge in [-0.2, -0.15) is 0 Å². The Balaban J connectivity index is 1.57. The van der Waals surface area contributed by atoms with Gasteiger partial charge in [-0.15, -0.1) is 0 Å². The van der Waals surface area contributed by atoms with E-state index in [4.69, 9.17) is 4.42 Å². The molecule has 0 unspecified atom stereocenters. The van der Waals surface area contributed by atoms with Crippen LogP contribution in [0.4, 0.5) is 11.4 Å². The first-order valence-electron chi connectivity index (χ1n) is 10.1. The van der Waals surface area contributed by atoms with Gasteiger partial charge >= 0.3 is 0 Å². The van der Waals surface area contributed by atoms with Crippen molar-refractivity contribution in [2.45, 2.75) is 19.4 Å². The van der Waals surface area contributed by atoms with Gasteiger partial charge in [0.15, 0.2) is 0 Å². The van der Waals surface area contributed by atoms with Crippen LogP contribution in [-0.2, 0) is 21.4 Å². The number of nitrogens with one attached hydrogen (secondary N) is 2. The molecule has 2 amide bonds. The molecule has 32 heavy (non-hydrogen) atoms. The predicted molar refractivity (Wildman–Crippen MR) is 123 cm³/mol. The van der Waals surface area contributed by atoms with Crippen molar-refractivity contribution in [1.29, 1.82) is 0 Å². The van der Waals surface area contributed by atoms with Gasteiger partial charge in [0, 0.05) is 13.0 Å². The van der Waals surface area contributed by atoms with Crippen LogP contribution in [0.3, 0.4) is 0 Å². The van der Waals surface area contributed by atoms with Crippen molar-refractivity contribution < 1.29 is 22.4 Å². The minimum absolute atomic E-state index is 0.0984. The van der Waals surface area contributed by atoms with Crippen molar-refractivity contribution in [3.63, 3.8) is 0 Å². The summed E-state index contributed by atoms with van der Waals surface area (Å²) in [6.07, 6.45) is 3.08. The van der Waals surface area contributed by atoms with Crippen molar-refractivity contribution >= 4 is 33.2 Å². The van der Waals surface area contributed by atoms with Gasteiger partial charge in [-0.05, 0) is 42.8 Å². The highest BCUT2D eigenvalue weighted by Crippen LogP contribution is 2.19. The highest BCUT2D eigenvalue weighted by Gasteiger charge is 2.18. The maximum atomic E-state index is 12.5. The average molecular weight is 456 g/mol. The number of sulfonamides is 1. The molecule has 0 atom stereocenters. The van der Waals surface area contributed by atoms with E-state index in [1.807, 2.05) is 0 Å². The van der Waals surface area contributed by atoms with Crippen molar-refractivity contribution in [1.82, 2.24) is 5.32 Å². The minimum atomic E-state index is -3.48. The fraction of sp³-hybridized carbons (Fsp3) is 0.217. The topological polar surface area (TPSA) is 109 Å². The molecule has 2 aromatic carbocycles. The number of para-hydroxylation sites is 2. The first kappa shape index (κ1) is 23.1. The Labute approximate surface area is 187 Å². The number of anilines is 2. The smallest absolute Gasteiger partial charge is 0.253 e. The van der Waals surface area contributed by atoms with Gasteiger partial charge in [0.25, 0.3) is 5.91 Å². The molecule has 0 aliphatic rings. The number of amides is 2. The number of carbonyl (C=O) groups excluding carboxylic acids is 2. The van der Waals surface area contributed by atoms with Crippen LogP contribution in [0.5, 0.6) is 0 Å². The van der Waals surface area contributed by atoms with Crippen LogP contribution >= 0.6 is 0 Å². The molecule has 168 valence electrons. The molecule has 1 heterocycles. The van der Waals surface area contributed by atoms with E-state index in [0.717, 1.165) is 6.26 Å².